The molecule has 0 saturated carbocycles. The van der Waals surface area contributed by atoms with E-state index in [1.807, 2.05) is 31.2 Å². The molecule has 0 aliphatic rings. The molecule has 0 aliphatic heterocycles. The fourth-order valence-electron chi connectivity index (χ4n) is 3.69. The zero-order valence-corrected chi connectivity index (χ0v) is 24.9. The number of nitrogens with zero attached hydrogens (tertiary/aromatic N) is 1. The molecular formula is C28H22Br2Cl2N2O4. The molecule has 0 aliphatic carbocycles. The third-order valence-electron chi connectivity index (χ3n) is 5.34. The Hall–Kier alpha value is -2.78. The van der Waals surface area contributed by atoms with Gasteiger partial charge in [0.2, 0.25) is 0 Å². The van der Waals surface area contributed by atoms with Gasteiger partial charge in [-0.2, -0.15) is 5.10 Å². The summed E-state index contributed by atoms with van der Waals surface area (Å²) in [6.45, 7) is 6.40. The third kappa shape index (κ3) is 6.80. The zero-order chi connectivity index (χ0) is 27.2. The summed E-state index contributed by atoms with van der Waals surface area (Å²) in [6, 6.07) is 14.3. The number of amides is 1. The van der Waals surface area contributed by atoms with E-state index in [0.29, 0.717) is 45.7 Å². The van der Waals surface area contributed by atoms with Gasteiger partial charge in [-0.05, 0) is 77.3 Å². The van der Waals surface area contributed by atoms with Crippen LogP contribution in [0.2, 0.25) is 10.0 Å². The molecule has 1 heterocycles. The molecular weight excluding hydrogens is 659 g/mol. The lowest BCUT2D eigenvalue weighted by atomic mass is 10.1. The lowest BCUT2D eigenvalue weighted by Crippen LogP contribution is -2.16. The van der Waals surface area contributed by atoms with Crippen molar-refractivity contribution >= 4 is 78.2 Å². The minimum Gasteiger partial charge on any atom is -0.490 e. The van der Waals surface area contributed by atoms with Gasteiger partial charge in [0.25, 0.3) is 0 Å². The van der Waals surface area contributed by atoms with Crippen LogP contribution in [0, 0.1) is 0 Å². The number of furan rings is 1. The van der Waals surface area contributed by atoms with Crippen molar-refractivity contribution in [2.75, 3.05) is 6.61 Å². The van der Waals surface area contributed by atoms with E-state index in [2.05, 4.69) is 49.0 Å². The average Bonchev–Trinajstić information content (AvgIpc) is 3.29. The SMILES string of the molecule is C=CCc1cc(/C=N\NC(=O)c2cc3cc(Br)cc(Br)c3o2)cc(OCC)c1OCc1ccc(Cl)cc1Cl. The van der Waals surface area contributed by atoms with Crippen molar-refractivity contribution in [3.8, 4) is 11.5 Å². The van der Waals surface area contributed by atoms with Gasteiger partial charge < -0.3 is 13.9 Å². The number of fused-ring (bicyclic) bond motifs is 1. The van der Waals surface area contributed by atoms with Gasteiger partial charge in [0, 0.05) is 31.0 Å². The van der Waals surface area contributed by atoms with E-state index in [1.54, 1.807) is 30.3 Å². The van der Waals surface area contributed by atoms with E-state index < -0.39 is 5.91 Å². The quantitative estimate of drug-likeness (QED) is 0.103. The van der Waals surface area contributed by atoms with Crippen LogP contribution < -0.4 is 14.9 Å². The molecule has 3 aromatic carbocycles. The number of benzene rings is 3. The van der Waals surface area contributed by atoms with Gasteiger partial charge in [0.05, 0.1) is 17.3 Å². The molecule has 0 fully saturated rings. The lowest BCUT2D eigenvalue weighted by molar-refractivity contribution is 0.0929. The van der Waals surface area contributed by atoms with Crippen LogP contribution in [0.25, 0.3) is 11.0 Å². The minimum atomic E-state index is -0.475. The molecule has 0 spiro atoms. The number of hydrazone groups is 1. The van der Waals surface area contributed by atoms with Crippen molar-refractivity contribution in [1.29, 1.82) is 0 Å². The fourth-order valence-corrected chi connectivity index (χ4v) is 5.49. The highest BCUT2D eigenvalue weighted by atomic mass is 79.9. The van der Waals surface area contributed by atoms with Gasteiger partial charge in [-0.25, -0.2) is 5.43 Å². The first-order valence-electron chi connectivity index (χ1n) is 11.5. The maximum atomic E-state index is 12.6. The maximum Gasteiger partial charge on any atom is 0.307 e. The van der Waals surface area contributed by atoms with E-state index in [4.69, 9.17) is 37.1 Å². The summed E-state index contributed by atoms with van der Waals surface area (Å²) in [6.07, 6.45) is 3.83. The number of rotatable bonds is 10. The standard InChI is InChI=1S/C28H22Br2Cl2N2O4/c1-3-5-17-8-16(9-24(36-4-2)27(17)37-15-18-6-7-21(31)13-23(18)32)14-33-34-28(35)25-11-19-10-20(29)12-22(30)26(19)38-25/h3,6-14H,1,4-5,15H2,2H3,(H,34,35)/b33-14-. The summed E-state index contributed by atoms with van der Waals surface area (Å²) in [4.78, 5) is 12.6. The van der Waals surface area contributed by atoms with Crippen molar-refractivity contribution in [2.24, 2.45) is 5.10 Å². The highest BCUT2D eigenvalue weighted by molar-refractivity contribution is 9.11. The molecule has 0 saturated heterocycles. The van der Waals surface area contributed by atoms with Gasteiger partial charge in [-0.1, -0.05) is 51.3 Å². The lowest BCUT2D eigenvalue weighted by Gasteiger charge is -2.17. The summed E-state index contributed by atoms with van der Waals surface area (Å²) in [5, 5.41) is 5.97. The number of carbonyl (C=O) groups is 1. The van der Waals surface area contributed by atoms with Crippen LogP contribution >= 0.6 is 55.1 Å². The number of hydrogen-bond acceptors (Lipinski definition) is 5. The highest BCUT2D eigenvalue weighted by Crippen LogP contribution is 2.35. The van der Waals surface area contributed by atoms with Crippen LogP contribution in [0.4, 0.5) is 0 Å². The van der Waals surface area contributed by atoms with Crippen LogP contribution in [-0.4, -0.2) is 18.7 Å². The number of nitrogens with one attached hydrogen (secondary N) is 1. The zero-order valence-electron chi connectivity index (χ0n) is 20.2. The molecule has 4 rings (SSSR count). The van der Waals surface area contributed by atoms with Gasteiger partial charge in [-0.15, -0.1) is 6.58 Å². The summed E-state index contributed by atoms with van der Waals surface area (Å²) >= 11 is 19.2. The molecule has 196 valence electrons. The van der Waals surface area contributed by atoms with E-state index in [-0.39, 0.29) is 12.4 Å². The number of ether oxygens (including phenoxy) is 2. The monoisotopic (exact) mass is 678 g/mol. The second-order valence-corrected chi connectivity index (χ2v) is 10.7. The van der Waals surface area contributed by atoms with Gasteiger partial charge in [0.15, 0.2) is 17.3 Å². The second kappa shape index (κ2) is 12.8. The summed E-state index contributed by atoms with van der Waals surface area (Å²) in [7, 11) is 0. The Bertz CT molecular complexity index is 1540. The largest absolute Gasteiger partial charge is 0.490 e. The number of carbonyl (C=O) groups excluding carboxylic acids is 1. The summed E-state index contributed by atoms with van der Waals surface area (Å²) in [5.41, 5.74) is 5.43. The Morgan fingerprint density at radius 3 is 2.66 bits per heavy atom. The van der Waals surface area contributed by atoms with Gasteiger partial charge in [0.1, 0.15) is 12.2 Å². The van der Waals surface area contributed by atoms with Crippen molar-refractivity contribution in [1.82, 2.24) is 5.43 Å². The van der Waals surface area contributed by atoms with E-state index in [0.717, 1.165) is 25.5 Å². The summed E-state index contributed by atoms with van der Waals surface area (Å²) in [5.74, 6) is 0.787. The Morgan fingerprint density at radius 2 is 1.92 bits per heavy atom. The average molecular weight is 681 g/mol. The van der Waals surface area contributed by atoms with Crippen molar-refractivity contribution < 1.29 is 18.7 Å². The second-order valence-electron chi connectivity index (χ2n) is 8.07. The van der Waals surface area contributed by atoms with Crippen LogP contribution in [0.1, 0.15) is 34.2 Å². The predicted octanol–water partition coefficient (Wildman–Crippen LogP) is 8.73. The summed E-state index contributed by atoms with van der Waals surface area (Å²) < 4.78 is 19.3. The maximum absolute atomic E-state index is 12.6. The molecule has 0 atom stereocenters. The Labute approximate surface area is 246 Å². The molecule has 6 nitrogen and oxygen atoms in total. The topological polar surface area (TPSA) is 73.1 Å². The number of allylic oxidation sites excluding steroid dienone is 1. The molecule has 1 amide bonds. The fraction of sp³-hybridized carbons (Fsp3) is 0.143. The molecule has 38 heavy (non-hydrogen) atoms. The number of halogens is 4. The Kier molecular flexibility index (Phi) is 9.54. The van der Waals surface area contributed by atoms with E-state index >= 15 is 0 Å². The first kappa shape index (κ1) is 28.2. The van der Waals surface area contributed by atoms with E-state index in [9.17, 15) is 4.79 Å². The molecule has 10 heteroatoms. The molecule has 1 aromatic heterocycles. The van der Waals surface area contributed by atoms with Crippen molar-refractivity contribution in [2.45, 2.75) is 20.0 Å². The van der Waals surface area contributed by atoms with Crippen LogP contribution in [0.3, 0.4) is 0 Å². The van der Waals surface area contributed by atoms with Gasteiger partial charge >= 0.3 is 5.91 Å². The minimum absolute atomic E-state index is 0.142. The Morgan fingerprint density at radius 1 is 1.11 bits per heavy atom. The van der Waals surface area contributed by atoms with Crippen LogP contribution in [0.15, 0.2) is 79.6 Å². The number of hydrogen-bond donors (Lipinski definition) is 1. The third-order valence-corrected chi connectivity index (χ3v) is 6.98. The molecule has 1 N–H and O–H groups in total. The van der Waals surface area contributed by atoms with E-state index in [1.165, 1.54) is 6.21 Å². The van der Waals surface area contributed by atoms with Crippen LogP contribution in [0.5, 0.6) is 11.5 Å². The van der Waals surface area contributed by atoms with Crippen molar-refractivity contribution in [3.63, 3.8) is 0 Å². The van der Waals surface area contributed by atoms with Gasteiger partial charge in [-0.3, -0.25) is 4.79 Å². The molecule has 0 radical (unpaired) electrons. The smallest absolute Gasteiger partial charge is 0.307 e. The first-order chi connectivity index (χ1) is 18.3. The molecule has 0 unspecified atom stereocenters. The van der Waals surface area contributed by atoms with Crippen LogP contribution in [-0.2, 0) is 13.0 Å². The Balaban J connectivity index is 1.54. The highest BCUT2D eigenvalue weighted by Gasteiger charge is 2.16. The normalized spacial score (nSPS) is 11.2. The predicted molar refractivity (Wildman–Crippen MR) is 159 cm³/mol. The molecule has 0 bridgehead atoms. The van der Waals surface area contributed by atoms with Crippen molar-refractivity contribution in [3.05, 3.63) is 103 Å². The first-order valence-corrected chi connectivity index (χ1v) is 13.8. The molecule has 4 aromatic rings.